The van der Waals surface area contributed by atoms with E-state index in [0.29, 0.717) is 17.9 Å². The Morgan fingerprint density at radius 1 is 1.17 bits per heavy atom. The molecule has 0 spiro atoms. The maximum Gasteiger partial charge on any atom is 0.193 e. The second-order valence-electron chi connectivity index (χ2n) is 7.01. The van der Waals surface area contributed by atoms with Crippen LogP contribution in [0.15, 0.2) is 29.3 Å². The fourth-order valence-corrected chi connectivity index (χ4v) is 3.77. The van der Waals surface area contributed by atoms with Crippen molar-refractivity contribution in [2.45, 2.75) is 38.6 Å². The lowest BCUT2D eigenvalue weighted by atomic mass is 9.92. The van der Waals surface area contributed by atoms with Crippen molar-refractivity contribution >= 4 is 29.9 Å². The second kappa shape index (κ2) is 7.81. The molecular weight excluding hydrogens is 404 g/mol. The van der Waals surface area contributed by atoms with Gasteiger partial charge in [-0.25, -0.2) is 4.39 Å². The Balaban J connectivity index is 0.00000192. The third kappa shape index (κ3) is 4.37. The molecule has 0 aromatic heterocycles. The summed E-state index contributed by atoms with van der Waals surface area (Å²) in [6.07, 6.45) is 2.27. The second-order valence-corrected chi connectivity index (χ2v) is 7.01. The van der Waals surface area contributed by atoms with E-state index >= 15 is 0 Å². The number of aliphatic imine (C=N–C) groups is 1. The Morgan fingerprint density at radius 3 is 2.43 bits per heavy atom. The van der Waals surface area contributed by atoms with Gasteiger partial charge in [0.15, 0.2) is 5.96 Å². The number of guanidine groups is 1. The number of hydrogen-bond acceptors (Lipinski definition) is 1. The van der Waals surface area contributed by atoms with Gasteiger partial charge in [0, 0.05) is 32.1 Å². The number of benzene rings is 1. The van der Waals surface area contributed by atoms with Gasteiger partial charge in [-0.15, -0.1) is 24.0 Å². The van der Waals surface area contributed by atoms with Crippen LogP contribution in [0, 0.1) is 17.7 Å². The van der Waals surface area contributed by atoms with Crippen molar-refractivity contribution in [2.24, 2.45) is 16.8 Å². The van der Waals surface area contributed by atoms with Gasteiger partial charge in [0.25, 0.3) is 0 Å². The topological polar surface area (TPSA) is 27.6 Å². The average Bonchev–Trinajstić information content (AvgIpc) is 3.23. The molecule has 1 aliphatic carbocycles. The summed E-state index contributed by atoms with van der Waals surface area (Å²) < 4.78 is 13.9. The van der Waals surface area contributed by atoms with Crippen LogP contribution in [0.2, 0.25) is 0 Å². The number of hydrogen-bond donors (Lipinski definition) is 1. The number of rotatable bonds is 2. The van der Waals surface area contributed by atoms with E-state index in [-0.39, 0.29) is 35.7 Å². The summed E-state index contributed by atoms with van der Waals surface area (Å²) in [5.74, 6) is 2.56. The van der Waals surface area contributed by atoms with Gasteiger partial charge in [0.2, 0.25) is 0 Å². The van der Waals surface area contributed by atoms with E-state index in [1.165, 1.54) is 6.42 Å². The van der Waals surface area contributed by atoms with E-state index in [4.69, 9.17) is 0 Å². The summed E-state index contributed by atoms with van der Waals surface area (Å²) in [6, 6.07) is 7.42. The Kier molecular flexibility index (Phi) is 6.28. The Bertz CT molecular complexity index is 553. The monoisotopic (exact) mass is 431 g/mol. The van der Waals surface area contributed by atoms with Crippen molar-refractivity contribution in [3.05, 3.63) is 35.6 Å². The summed E-state index contributed by atoms with van der Waals surface area (Å²) in [6.45, 7) is 6.71. The lowest BCUT2D eigenvalue weighted by molar-refractivity contribution is 0.208. The fraction of sp³-hybridized carbons (Fsp3) is 0.611. The molecule has 23 heavy (non-hydrogen) atoms. The van der Waals surface area contributed by atoms with E-state index in [9.17, 15) is 4.39 Å². The highest BCUT2D eigenvalue weighted by molar-refractivity contribution is 14.0. The van der Waals surface area contributed by atoms with E-state index in [1.54, 1.807) is 12.1 Å². The van der Waals surface area contributed by atoms with Crippen LogP contribution in [0.1, 0.15) is 38.2 Å². The van der Waals surface area contributed by atoms with Crippen LogP contribution in [0.3, 0.4) is 0 Å². The minimum Gasteiger partial charge on any atom is -0.353 e. The number of halogens is 2. The molecule has 1 aliphatic heterocycles. The van der Waals surface area contributed by atoms with Gasteiger partial charge in [0.1, 0.15) is 5.82 Å². The predicted octanol–water partition coefficient (Wildman–Crippen LogP) is 3.85. The first kappa shape index (κ1) is 18.5. The van der Waals surface area contributed by atoms with Crippen LogP contribution < -0.4 is 5.32 Å². The minimum absolute atomic E-state index is 0. The smallest absolute Gasteiger partial charge is 0.193 e. The van der Waals surface area contributed by atoms with Crippen molar-refractivity contribution in [3.8, 4) is 0 Å². The molecule has 1 saturated carbocycles. The van der Waals surface area contributed by atoms with E-state index in [1.807, 2.05) is 19.2 Å². The highest BCUT2D eigenvalue weighted by Gasteiger charge is 2.41. The van der Waals surface area contributed by atoms with Gasteiger partial charge in [-0.1, -0.05) is 32.0 Å². The molecular formula is C18H27FIN3. The molecule has 0 radical (unpaired) electrons. The maximum atomic E-state index is 13.9. The first-order valence-electron chi connectivity index (χ1n) is 8.31. The molecule has 4 unspecified atom stereocenters. The van der Waals surface area contributed by atoms with E-state index in [2.05, 4.69) is 29.1 Å². The quantitative estimate of drug-likeness (QED) is 0.438. The van der Waals surface area contributed by atoms with Crippen LogP contribution >= 0.6 is 24.0 Å². The van der Waals surface area contributed by atoms with Gasteiger partial charge in [-0.3, -0.25) is 4.99 Å². The van der Waals surface area contributed by atoms with E-state index < -0.39 is 0 Å². The SMILES string of the molecule is CN=C(NC1CC1c1ccccc1F)N1CC(C)CC(C)C1.I. The largest absolute Gasteiger partial charge is 0.353 e. The van der Waals surface area contributed by atoms with Crippen molar-refractivity contribution in [2.75, 3.05) is 20.1 Å². The molecule has 3 rings (SSSR count). The standard InChI is InChI=1S/C18H26FN3.HI/c1-12-8-13(2)11-22(10-12)18(20-3)21-17-9-15(17)14-6-4-5-7-16(14)19;/h4-7,12-13,15,17H,8-11H2,1-3H3,(H,20,21);1H. The van der Waals surface area contributed by atoms with Crippen molar-refractivity contribution in [1.29, 1.82) is 0 Å². The van der Waals surface area contributed by atoms with Crippen LogP contribution in [0.5, 0.6) is 0 Å². The lowest BCUT2D eigenvalue weighted by Gasteiger charge is -2.37. The van der Waals surface area contributed by atoms with Crippen LogP contribution in [0.25, 0.3) is 0 Å². The molecule has 0 bridgehead atoms. The van der Waals surface area contributed by atoms with Crippen LogP contribution in [-0.2, 0) is 0 Å². The lowest BCUT2D eigenvalue weighted by Crippen LogP contribution is -2.49. The molecule has 0 amide bonds. The number of likely N-dealkylation sites (tertiary alicyclic amines) is 1. The molecule has 3 nitrogen and oxygen atoms in total. The summed E-state index contributed by atoms with van der Waals surface area (Å²) in [5.41, 5.74) is 0.829. The normalized spacial score (nSPS) is 30.6. The first-order valence-corrected chi connectivity index (χ1v) is 8.31. The highest BCUT2D eigenvalue weighted by atomic mass is 127. The van der Waals surface area contributed by atoms with Crippen LogP contribution in [0.4, 0.5) is 4.39 Å². The van der Waals surface area contributed by atoms with Crippen LogP contribution in [-0.4, -0.2) is 37.0 Å². The Labute approximate surface area is 155 Å². The zero-order chi connectivity index (χ0) is 15.7. The molecule has 5 heteroatoms. The molecule has 128 valence electrons. The van der Waals surface area contributed by atoms with E-state index in [0.717, 1.165) is 31.0 Å². The minimum atomic E-state index is -0.0907. The van der Waals surface area contributed by atoms with Gasteiger partial charge >= 0.3 is 0 Å². The molecule has 4 atom stereocenters. The van der Waals surface area contributed by atoms with Crippen molar-refractivity contribution in [3.63, 3.8) is 0 Å². The van der Waals surface area contributed by atoms with Crippen molar-refractivity contribution < 1.29 is 4.39 Å². The third-order valence-electron chi connectivity index (χ3n) is 4.79. The molecule has 1 saturated heterocycles. The Hall–Kier alpha value is -0.850. The summed E-state index contributed by atoms with van der Waals surface area (Å²) in [5, 5.41) is 3.54. The summed E-state index contributed by atoms with van der Waals surface area (Å²) in [7, 11) is 1.84. The van der Waals surface area contributed by atoms with Crippen molar-refractivity contribution in [1.82, 2.24) is 10.2 Å². The zero-order valence-electron chi connectivity index (χ0n) is 14.1. The van der Waals surface area contributed by atoms with Gasteiger partial charge in [-0.2, -0.15) is 0 Å². The van der Waals surface area contributed by atoms with Gasteiger partial charge in [-0.05, 0) is 36.3 Å². The molecule has 1 N–H and O–H groups in total. The number of nitrogens with zero attached hydrogens (tertiary/aromatic N) is 2. The maximum absolute atomic E-state index is 13.9. The third-order valence-corrected chi connectivity index (χ3v) is 4.79. The molecule has 2 aliphatic rings. The summed E-state index contributed by atoms with van der Waals surface area (Å²) >= 11 is 0. The van der Waals surface area contributed by atoms with Gasteiger partial charge in [0.05, 0.1) is 0 Å². The summed E-state index contributed by atoms with van der Waals surface area (Å²) in [4.78, 5) is 6.81. The molecule has 1 heterocycles. The van der Waals surface area contributed by atoms with Gasteiger partial charge < -0.3 is 10.2 Å². The fourth-order valence-electron chi connectivity index (χ4n) is 3.77. The average molecular weight is 431 g/mol. The predicted molar refractivity (Wildman–Crippen MR) is 104 cm³/mol. The zero-order valence-corrected chi connectivity index (χ0v) is 16.5. The molecule has 2 fully saturated rings. The number of piperidine rings is 1. The highest BCUT2D eigenvalue weighted by Crippen LogP contribution is 2.42. The number of nitrogens with one attached hydrogen (secondary N) is 1. The first-order chi connectivity index (χ1) is 10.6. The molecule has 1 aromatic carbocycles. The molecule has 1 aromatic rings. The Morgan fingerprint density at radius 2 is 1.83 bits per heavy atom.